The number of hydrogen-bond acceptors (Lipinski definition) is 4. The molecule has 0 heterocycles. The zero-order valence-corrected chi connectivity index (χ0v) is 20.9. The van der Waals surface area contributed by atoms with Crippen LogP contribution in [0.4, 0.5) is 5.69 Å². The third-order valence-electron chi connectivity index (χ3n) is 4.74. The van der Waals surface area contributed by atoms with Gasteiger partial charge in [-0.3, -0.25) is 4.79 Å². The predicted molar refractivity (Wildman–Crippen MR) is 135 cm³/mol. The van der Waals surface area contributed by atoms with E-state index in [1.807, 2.05) is 37.3 Å². The number of hydrogen-bond donors (Lipinski definition) is 1. The summed E-state index contributed by atoms with van der Waals surface area (Å²) in [6.07, 6.45) is 1.46. The number of anilines is 1. The molecule has 0 unspecified atom stereocenters. The minimum absolute atomic E-state index is 0.0939. The lowest BCUT2D eigenvalue weighted by molar-refractivity contribution is -0.112. The van der Waals surface area contributed by atoms with Crippen LogP contribution >= 0.6 is 39.1 Å². The summed E-state index contributed by atoms with van der Waals surface area (Å²) in [6, 6.07) is 18.0. The molecule has 1 N–H and O–H groups in total. The first-order valence-electron chi connectivity index (χ1n) is 9.75. The summed E-state index contributed by atoms with van der Waals surface area (Å²) in [5.41, 5.74) is 3.10. The number of halogens is 3. The third kappa shape index (κ3) is 6.29. The van der Waals surface area contributed by atoms with Crippen molar-refractivity contribution in [2.75, 3.05) is 12.4 Å². The average molecular weight is 546 g/mol. The molecule has 0 saturated carbocycles. The van der Waals surface area contributed by atoms with Crippen LogP contribution in [0.3, 0.4) is 0 Å². The summed E-state index contributed by atoms with van der Waals surface area (Å²) in [6.45, 7) is 2.39. The van der Waals surface area contributed by atoms with Gasteiger partial charge in [0, 0.05) is 5.69 Å². The van der Waals surface area contributed by atoms with E-state index in [0.29, 0.717) is 43.9 Å². The molecular weight excluding hydrogens is 527 g/mol. The Labute approximate surface area is 210 Å². The molecule has 8 heteroatoms. The summed E-state index contributed by atoms with van der Waals surface area (Å²) in [5, 5.41) is 12.8. The second-order valence-corrected chi connectivity index (χ2v) is 8.67. The summed E-state index contributed by atoms with van der Waals surface area (Å²) >= 11 is 15.4. The Hall–Kier alpha value is -2.98. The van der Waals surface area contributed by atoms with E-state index in [1.54, 1.807) is 24.3 Å². The first kappa shape index (κ1) is 24.7. The van der Waals surface area contributed by atoms with Gasteiger partial charge in [-0.15, -0.1) is 0 Å². The van der Waals surface area contributed by atoms with Gasteiger partial charge in [-0.2, -0.15) is 5.26 Å². The fraction of sp³-hybridized carbons (Fsp3) is 0.120. The van der Waals surface area contributed by atoms with Crippen molar-refractivity contribution in [3.05, 3.63) is 91.4 Å². The molecule has 0 fully saturated rings. The molecule has 0 saturated heterocycles. The number of methoxy groups -OCH3 is 1. The second kappa shape index (κ2) is 11.2. The van der Waals surface area contributed by atoms with E-state index in [1.165, 1.54) is 19.3 Å². The Morgan fingerprint density at radius 3 is 2.58 bits per heavy atom. The normalized spacial score (nSPS) is 11.0. The molecule has 3 aromatic rings. The molecule has 3 rings (SSSR count). The minimum atomic E-state index is -0.578. The second-order valence-electron chi connectivity index (χ2n) is 7.00. The van der Waals surface area contributed by atoms with Crippen LogP contribution < -0.4 is 14.8 Å². The SMILES string of the molecule is COc1cc(/C=C(\C#N)C(=O)Nc2ccc(Cl)c(Cl)c2)cc(Br)c1OCc1ccccc1C. The Bertz CT molecular complexity index is 1270. The van der Waals surface area contributed by atoms with Gasteiger partial charge in [-0.25, -0.2) is 0 Å². The van der Waals surface area contributed by atoms with Crippen LogP contribution in [0.2, 0.25) is 10.0 Å². The topological polar surface area (TPSA) is 71.3 Å². The molecular formula is C25H19BrCl2N2O3. The van der Waals surface area contributed by atoms with E-state index in [-0.39, 0.29) is 5.57 Å². The average Bonchev–Trinajstić information content (AvgIpc) is 2.79. The molecule has 33 heavy (non-hydrogen) atoms. The summed E-state index contributed by atoms with van der Waals surface area (Å²) in [7, 11) is 1.53. The molecule has 0 atom stereocenters. The highest BCUT2D eigenvalue weighted by Crippen LogP contribution is 2.38. The van der Waals surface area contributed by atoms with Crippen LogP contribution in [-0.2, 0) is 11.4 Å². The van der Waals surface area contributed by atoms with Gasteiger partial charge < -0.3 is 14.8 Å². The largest absolute Gasteiger partial charge is 0.493 e. The van der Waals surface area contributed by atoms with E-state index < -0.39 is 5.91 Å². The Morgan fingerprint density at radius 2 is 1.91 bits per heavy atom. The van der Waals surface area contributed by atoms with E-state index in [9.17, 15) is 10.1 Å². The van der Waals surface area contributed by atoms with Gasteiger partial charge in [0.15, 0.2) is 11.5 Å². The quantitative estimate of drug-likeness (QED) is 0.252. The minimum Gasteiger partial charge on any atom is -0.493 e. The summed E-state index contributed by atoms with van der Waals surface area (Å²) < 4.78 is 12.1. The van der Waals surface area contributed by atoms with Crippen molar-refractivity contribution in [3.63, 3.8) is 0 Å². The van der Waals surface area contributed by atoms with Crippen molar-refractivity contribution >= 4 is 56.8 Å². The van der Waals surface area contributed by atoms with Crippen molar-refractivity contribution in [2.24, 2.45) is 0 Å². The number of aryl methyl sites for hydroxylation is 1. The number of nitrogens with zero attached hydrogens (tertiary/aromatic N) is 1. The number of ether oxygens (including phenoxy) is 2. The lowest BCUT2D eigenvalue weighted by atomic mass is 10.1. The molecule has 1 amide bonds. The monoisotopic (exact) mass is 544 g/mol. The standard InChI is InChI=1S/C25H19BrCl2N2O3/c1-15-5-3-4-6-17(15)14-33-24-20(26)10-16(11-23(24)32-2)9-18(13-29)25(31)30-19-7-8-21(27)22(28)12-19/h3-12H,14H2,1-2H3,(H,30,31)/b18-9+. The highest BCUT2D eigenvalue weighted by molar-refractivity contribution is 9.10. The Morgan fingerprint density at radius 1 is 1.15 bits per heavy atom. The van der Waals surface area contributed by atoms with Crippen molar-refractivity contribution in [3.8, 4) is 17.6 Å². The van der Waals surface area contributed by atoms with E-state index in [4.69, 9.17) is 32.7 Å². The smallest absolute Gasteiger partial charge is 0.266 e. The maximum atomic E-state index is 12.6. The molecule has 0 radical (unpaired) electrons. The van der Waals surface area contributed by atoms with Crippen molar-refractivity contribution < 1.29 is 14.3 Å². The molecule has 0 aliphatic heterocycles. The number of benzene rings is 3. The van der Waals surface area contributed by atoms with Crippen LogP contribution in [0.1, 0.15) is 16.7 Å². The number of carbonyl (C=O) groups excluding carboxylic acids is 1. The van der Waals surface area contributed by atoms with Gasteiger partial charge in [0.05, 0.1) is 21.6 Å². The lowest BCUT2D eigenvalue weighted by Crippen LogP contribution is -2.13. The maximum Gasteiger partial charge on any atom is 0.266 e. The van der Waals surface area contributed by atoms with E-state index in [2.05, 4.69) is 21.2 Å². The van der Waals surface area contributed by atoms with Gasteiger partial charge >= 0.3 is 0 Å². The van der Waals surface area contributed by atoms with Gasteiger partial charge in [0.1, 0.15) is 18.2 Å². The van der Waals surface area contributed by atoms with Gasteiger partial charge in [-0.05, 0) is 76.0 Å². The van der Waals surface area contributed by atoms with E-state index >= 15 is 0 Å². The number of nitriles is 1. The fourth-order valence-electron chi connectivity index (χ4n) is 2.97. The van der Waals surface area contributed by atoms with Gasteiger partial charge in [-0.1, -0.05) is 47.5 Å². The summed E-state index contributed by atoms with van der Waals surface area (Å²) in [5.74, 6) is 0.411. The molecule has 168 valence electrons. The molecule has 0 aliphatic rings. The van der Waals surface area contributed by atoms with Crippen LogP contribution in [0, 0.1) is 18.3 Å². The number of carbonyl (C=O) groups is 1. The first-order valence-corrected chi connectivity index (χ1v) is 11.3. The van der Waals surface area contributed by atoms with Gasteiger partial charge in [0.25, 0.3) is 5.91 Å². The third-order valence-corrected chi connectivity index (χ3v) is 6.07. The molecule has 0 spiro atoms. The zero-order valence-electron chi connectivity index (χ0n) is 17.8. The lowest BCUT2D eigenvalue weighted by Gasteiger charge is -2.14. The van der Waals surface area contributed by atoms with Gasteiger partial charge in [0.2, 0.25) is 0 Å². The van der Waals surface area contributed by atoms with Crippen molar-refractivity contribution in [2.45, 2.75) is 13.5 Å². The number of amides is 1. The Balaban J connectivity index is 1.83. The zero-order chi connectivity index (χ0) is 24.0. The molecule has 0 aromatic heterocycles. The highest BCUT2D eigenvalue weighted by Gasteiger charge is 2.15. The van der Waals surface area contributed by atoms with Crippen LogP contribution in [0.15, 0.2) is 64.6 Å². The molecule has 5 nitrogen and oxygen atoms in total. The molecule has 3 aromatic carbocycles. The molecule has 0 bridgehead atoms. The van der Waals surface area contributed by atoms with Crippen LogP contribution in [0.5, 0.6) is 11.5 Å². The van der Waals surface area contributed by atoms with Crippen molar-refractivity contribution in [1.82, 2.24) is 0 Å². The number of nitrogens with one attached hydrogen (secondary N) is 1. The molecule has 0 aliphatic carbocycles. The fourth-order valence-corrected chi connectivity index (χ4v) is 3.84. The van der Waals surface area contributed by atoms with Crippen molar-refractivity contribution in [1.29, 1.82) is 5.26 Å². The highest BCUT2D eigenvalue weighted by atomic mass is 79.9. The van der Waals surface area contributed by atoms with E-state index in [0.717, 1.165) is 11.1 Å². The first-order chi connectivity index (χ1) is 15.8. The predicted octanol–water partition coefficient (Wildman–Crippen LogP) is 7.20. The van der Waals surface area contributed by atoms with Crippen LogP contribution in [-0.4, -0.2) is 13.0 Å². The number of rotatable bonds is 7. The Kier molecular flexibility index (Phi) is 8.40. The summed E-state index contributed by atoms with van der Waals surface area (Å²) in [4.78, 5) is 12.6. The van der Waals surface area contributed by atoms with Crippen LogP contribution in [0.25, 0.3) is 6.08 Å². The maximum absolute atomic E-state index is 12.6.